The molecule has 1 unspecified atom stereocenters. The highest BCUT2D eigenvalue weighted by molar-refractivity contribution is 7.99. The molecule has 1 aromatic carbocycles. The summed E-state index contributed by atoms with van der Waals surface area (Å²) in [5, 5.41) is 5.02. The van der Waals surface area contributed by atoms with E-state index in [1.807, 2.05) is 18.2 Å². The maximum Gasteiger partial charge on any atom is 0.0453 e. The molecule has 1 aromatic rings. The third-order valence-corrected chi connectivity index (χ3v) is 5.15. The summed E-state index contributed by atoms with van der Waals surface area (Å²) >= 11 is 14.1. The van der Waals surface area contributed by atoms with Crippen LogP contribution >= 0.6 is 35.0 Å². The van der Waals surface area contributed by atoms with Gasteiger partial charge in [0.15, 0.2) is 0 Å². The van der Waals surface area contributed by atoms with Crippen molar-refractivity contribution in [1.29, 1.82) is 0 Å². The highest BCUT2D eigenvalue weighted by Crippen LogP contribution is 2.22. The van der Waals surface area contributed by atoms with Crippen LogP contribution in [0.5, 0.6) is 0 Å². The van der Waals surface area contributed by atoms with Crippen LogP contribution in [0.2, 0.25) is 10.0 Å². The molecular formula is C14H19Cl2NS. The van der Waals surface area contributed by atoms with Gasteiger partial charge in [0.1, 0.15) is 0 Å². The first kappa shape index (κ1) is 14.5. The van der Waals surface area contributed by atoms with E-state index in [0.29, 0.717) is 5.02 Å². The highest BCUT2D eigenvalue weighted by Gasteiger charge is 2.12. The van der Waals surface area contributed by atoms with Crippen LogP contribution in [0, 0.1) is 5.92 Å². The van der Waals surface area contributed by atoms with Gasteiger partial charge >= 0.3 is 0 Å². The molecule has 0 bridgehead atoms. The average Bonchev–Trinajstić information content (AvgIpc) is 2.38. The molecular weight excluding hydrogens is 285 g/mol. The van der Waals surface area contributed by atoms with Gasteiger partial charge in [0.2, 0.25) is 0 Å². The Balaban J connectivity index is 1.68. The zero-order valence-electron chi connectivity index (χ0n) is 10.4. The molecule has 0 saturated carbocycles. The first-order valence-electron chi connectivity index (χ1n) is 6.48. The van der Waals surface area contributed by atoms with Gasteiger partial charge < -0.3 is 5.32 Å². The fourth-order valence-electron chi connectivity index (χ4n) is 2.22. The van der Waals surface area contributed by atoms with Crippen LogP contribution in [0.15, 0.2) is 18.2 Å². The first-order valence-corrected chi connectivity index (χ1v) is 8.39. The number of halogens is 2. The largest absolute Gasteiger partial charge is 0.316 e. The molecule has 0 aliphatic carbocycles. The molecule has 18 heavy (non-hydrogen) atoms. The topological polar surface area (TPSA) is 12.0 Å². The summed E-state index contributed by atoms with van der Waals surface area (Å²) in [6.45, 7) is 2.13. The maximum absolute atomic E-state index is 6.14. The van der Waals surface area contributed by atoms with Crippen molar-refractivity contribution in [3.8, 4) is 0 Å². The van der Waals surface area contributed by atoms with Gasteiger partial charge in [-0.05, 0) is 67.5 Å². The molecule has 1 fully saturated rings. The predicted molar refractivity (Wildman–Crippen MR) is 83.1 cm³/mol. The van der Waals surface area contributed by atoms with Crippen molar-refractivity contribution in [1.82, 2.24) is 5.32 Å². The van der Waals surface area contributed by atoms with Gasteiger partial charge in [-0.15, -0.1) is 0 Å². The SMILES string of the molecule is Clc1ccc(CCNCC2CCCSC2)c(Cl)c1. The Morgan fingerprint density at radius 2 is 2.22 bits per heavy atom. The summed E-state index contributed by atoms with van der Waals surface area (Å²) in [5.74, 6) is 3.51. The molecule has 1 N–H and O–H groups in total. The second-order valence-corrected chi connectivity index (χ2v) is 6.77. The minimum absolute atomic E-state index is 0.705. The lowest BCUT2D eigenvalue weighted by Crippen LogP contribution is -2.28. The average molecular weight is 304 g/mol. The fourth-order valence-corrected chi connectivity index (χ4v) is 3.88. The van der Waals surface area contributed by atoms with E-state index in [9.17, 15) is 0 Å². The number of hydrogen-bond acceptors (Lipinski definition) is 2. The molecule has 1 atom stereocenters. The van der Waals surface area contributed by atoms with Gasteiger partial charge in [0.05, 0.1) is 0 Å². The monoisotopic (exact) mass is 303 g/mol. The van der Waals surface area contributed by atoms with Gasteiger partial charge in [-0.1, -0.05) is 29.3 Å². The molecule has 1 saturated heterocycles. The summed E-state index contributed by atoms with van der Waals surface area (Å²) in [4.78, 5) is 0. The maximum atomic E-state index is 6.14. The zero-order chi connectivity index (χ0) is 12.8. The van der Waals surface area contributed by atoms with Gasteiger partial charge in [0, 0.05) is 10.0 Å². The van der Waals surface area contributed by atoms with Crippen molar-refractivity contribution in [3.05, 3.63) is 33.8 Å². The van der Waals surface area contributed by atoms with Crippen LogP contribution < -0.4 is 5.32 Å². The Labute approximate surface area is 124 Å². The number of thioether (sulfide) groups is 1. The molecule has 4 heteroatoms. The lowest BCUT2D eigenvalue weighted by atomic mass is 10.1. The number of benzene rings is 1. The quantitative estimate of drug-likeness (QED) is 0.815. The van der Waals surface area contributed by atoms with Crippen LogP contribution in [0.4, 0.5) is 0 Å². The summed E-state index contributed by atoms with van der Waals surface area (Å²) in [6, 6.07) is 5.74. The third-order valence-electron chi connectivity index (χ3n) is 3.27. The van der Waals surface area contributed by atoms with Crippen molar-refractivity contribution in [2.75, 3.05) is 24.6 Å². The lowest BCUT2D eigenvalue weighted by Gasteiger charge is -2.21. The molecule has 0 aromatic heterocycles. The summed E-state index contributed by atoms with van der Waals surface area (Å²) < 4.78 is 0. The Morgan fingerprint density at radius 1 is 1.33 bits per heavy atom. The van der Waals surface area contributed by atoms with Crippen LogP contribution in [-0.2, 0) is 6.42 Å². The van der Waals surface area contributed by atoms with Crippen molar-refractivity contribution in [3.63, 3.8) is 0 Å². The predicted octanol–water partition coefficient (Wildman–Crippen LogP) is 4.27. The van der Waals surface area contributed by atoms with E-state index in [4.69, 9.17) is 23.2 Å². The zero-order valence-corrected chi connectivity index (χ0v) is 12.8. The Bertz CT molecular complexity index is 378. The van der Waals surface area contributed by atoms with Crippen LogP contribution in [0.25, 0.3) is 0 Å². The van der Waals surface area contributed by atoms with E-state index in [-0.39, 0.29) is 0 Å². The minimum atomic E-state index is 0.705. The molecule has 0 radical (unpaired) electrons. The van der Waals surface area contributed by atoms with Crippen LogP contribution in [0.3, 0.4) is 0 Å². The molecule has 1 aliphatic rings. The van der Waals surface area contributed by atoms with Gasteiger partial charge in [-0.25, -0.2) is 0 Å². The van der Waals surface area contributed by atoms with E-state index in [1.54, 1.807) is 0 Å². The van der Waals surface area contributed by atoms with E-state index >= 15 is 0 Å². The molecule has 0 amide bonds. The Morgan fingerprint density at radius 3 is 2.94 bits per heavy atom. The normalized spacial score (nSPS) is 20.0. The first-order chi connectivity index (χ1) is 8.75. The number of rotatable bonds is 5. The van der Waals surface area contributed by atoms with E-state index in [1.165, 1.54) is 29.9 Å². The van der Waals surface area contributed by atoms with E-state index in [0.717, 1.165) is 30.5 Å². The molecule has 100 valence electrons. The summed E-state index contributed by atoms with van der Waals surface area (Å²) in [6.07, 6.45) is 3.72. The molecule has 1 heterocycles. The van der Waals surface area contributed by atoms with Crippen molar-refractivity contribution in [2.24, 2.45) is 5.92 Å². The second kappa shape index (κ2) is 7.64. The Hall–Kier alpha value is 0.110. The highest BCUT2D eigenvalue weighted by atomic mass is 35.5. The summed E-state index contributed by atoms with van der Waals surface area (Å²) in [7, 11) is 0. The van der Waals surface area contributed by atoms with Crippen molar-refractivity contribution >= 4 is 35.0 Å². The van der Waals surface area contributed by atoms with Gasteiger partial charge in [-0.3, -0.25) is 0 Å². The second-order valence-electron chi connectivity index (χ2n) is 4.77. The molecule has 2 rings (SSSR count). The molecule has 0 spiro atoms. The lowest BCUT2D eigenvalue weighted by molar-refractivity contribution is 0.477. The van der Waals surface area contributed by atoms with Crippen molar-refractivity contribution in [2.45, 2.75) is 19.3 Å². The minimum Gasteiger partial charge on any atom is -0.316 e. The third kappa shape index (κ3) is 4.65. The molecule has 1 aliphatic heterocycles. The number of nitrogens with one attached hydrogen (secondary N) is 1. The van der Waals surface area contributed by atoms with Crippen molar-refractivity contribution < 1.29 is 0 Å². The standard InChI is InChI=1S/C14H19Cl2NS/c15-13-4-3-12(14(16)8-13)5-6-17-9-11-2-1-7-18-10-11/h3-4,8,11,17H,1-2,5-7,9-10H2. The van der Waals surface area contributed by atoms with E-state index < -0.39 is 0 Å². The van der Waals surface area contributed by atoms with Crippen LogP contribution in [0.1, 0.15) is 18.4 Å². The summed E-state index contributed by atoms with van der Waals surface area (Å²) in [5.41, 5.74) is 1.17. The number of hydrogen-bond donors (Lipinski definition) is 1. The van der Waals surface area contributed by atoms with Crippen LogP contribution in [-0.4, -0.2) is 24.6 Å². The Kier molecular flexibility index (Phi) is 6.16. The van der Waals surface area contributed by atoms with Gasteiger partial charge in [0.25, 0.3) is 0 Å². The molecule has 1 nitrogen and oxygen atoms in total. The van der Waals surface area contributed by atoms with E-state index in [2.05, 4.69) is 17.1 Å². The fraction of sp³-hybridized carbons (Fsp3) is 0.571. The van der Waals surface area contributed by atoms with Gasteiger partial charge in [-0.2, -0.15) is 11.8 Å². The smallest absolute Gasteiger partial charge is 0.0453 e.